The van der Waals surface area contributed by atoms with Crippen LogP contribution in [0.3, 0.4) is 0 Å². The molecule has 0 radical (unpaired) electrons. The van der Waals surface area contributed by atoms with E-state index in [2.05, 4.69) is 15.0 Å². The number of anilines is 1. The van der Waals surface area contributed by atoms with E-state index in [1.54, 1.807) is 13.2 Å². The van der Waals surface area contributed by atoms with Gasteiger partial charge in [-0.15, -0.1) is 37.1 Å². The molecule has 0 aliphatic heterocycles. The molecule has 10 heteroatoms. The molecule has 0 fully saturated rings. The Balaban J connectivity index is 0.00000420. The molecule has 2 rings (SSSR count). The molecule has 160 valence electrons. The number of alkyl halides is 3. The zero-order chi connectivity index (χ0) is 20.6. The largest absolute Gasteiger partial charge is 0.573 e. The maximum Gasteiger partial charge on any atom is 0.573 e. The van der Waals surface area contributed by atoms with E-state index >= 15 is 0 Å². The number of hydrogen-bond donors (Lipinski definition) is 2. The summed E-state index contributed by atoms with van der Waals surface area (Å²) in [6.45, 7) is 2.94. The van der Waals surface area contributed by atoms with E-state index in [1.807, 2.05) is 25.1 Å². The fourth-order valence-electron chi connectivity index (χ4n) is 2.29. The maximum atomic E-state index is 12.5. The molecule has 29 heavy (non-hydrogen) atoms. The third-order valence-corrected chi connectivity index (χ3v) is 3.56. The number of aliphatic imine (C=N–C) groups is 1. The van der Waals surface area contributed by atoms with Gasteiger partial charge in [0.2, 0.25) is 0 Å². The third-order valence-electron chi connectivity index (χ3n) is 3.56. The van der Waals surface area contributed by atoms with E-state index in [0.717, 1.165) is 11.1 Å². The monoisotopic (exact) mass is 525 g/mol. The molecule has 0 aliphatic rings. The highest BCUT2D eigenvalue weighted by molar-refractivity contribution is 14.0. The van der Waals surface area contributed by atoms with Gasteiger partial charge in [-0.1, -0.05) is 24.3 Å². The quantitative estimate of drug-likeness (QED) is 0.230. The first-order chi connectivity index (χ1) is 13.3. The summed E-state index contributed by atoms with van der Waals surface area (Å²) in [5.41, 5.74) is 7.69. The fourth-order valence-corrected chi connectivity index (χ4v) is 2.29. The number of para-hydroxylation sites is 2. The minimum atomic E-state index is -4.81. The van der Waals surface area contributed by atoms with Crippen molar-refractivity contribution in [1.82, 2.24) is 0 Å². The van der Waals surface area contributed by atoms with Crippen LogP contribution in [0, 0.1) is 6.92 Å². The Morgan fingerprint density at radius 3 is 2.52 bits per heavy atom. The number of hydrogen-bond acceptors (Lipinski definition) is 4. The number of ether oxygens (including phenoxy) is 3. The highest BCUT2D eigenvalue weighted by Gasteiger charge is 2.32. The zero-order valence-electron chi connectivity index (χ0n) is 16.0. The van der Waals surface area contributed by atoms with Crippen LogP contribution in [0.4, 0.5) is 18.9 Å². The summed E-state index contributed by atoms with van der Waals surface area (Å²) in [6.07, 6.45) is -4.81. The summed E-state index contributed by atoms with van der Waals surface area (Å²) in [4.78, 5) is 4.18. The van der Waals surface area contributed by atoms with Gasteiger partial charge in [0.05, 0.1) is 18.8 Å². The molecule has 2 aromatic carbocycles. The van der Waals surface area contributed by atoms with Crippen molar-refractivity contribution >= 4 is 35.6 Å². The van der Waals surface area contributed by atoms with Crippen molar-refractivity contribution in [3.05, 3.63) is 53.6 Å². The van der Waals surface area contributed by atoms with Crippen LogP contribution < -0.4 is 20.5 Å². The topological polar surface area (TPSA) is 78.1 Å². The van der Waals surface area contributed by atoms with Crippen LogP contribution in [0.25, 0.3) is 0 Å². The molecule has 0 aromatic heterocycles. The Morgan fingerprint density at radius 1 is 1.10 bits per heavy atom. The van der Waals surface area contributed by atoms with Gasteiger partial charge in [-0.3, -0.25) is 0 Å². The molecule has 3 N–H and O–H groups in total. The van der Waals surface area contributed by atoms with E-state index in [-0.39, 0.29) is 42.2 Å². The Kier molecular flexibility index (Phi) is 10.0. The van der Waals surface area contributed by atoms with Crippen LogP contribution >= 0.6 is 24.0 Å². The van der Waals surface area contributed by atoms with Gasteiger partial charge < -0.3 is 25.3 Å². The minimum Gasteiger partial charge on any atom is -0.491 e. The smallest absolute Gasteiger partial charge is 0.491 e. The van der Waals surface area contributed by atoms with E-state index in [0.29, 0.717) is 19.0 Å². The van der Waals surface area contributed by atoms with Crippen LogP contribution in [0.1, 0.15) is 11.1 Å². The summed E-state index contributed by atoms with van der Waals surface area (Å²) in [5.74, 6) is 0.197. The first-order valence-corrected chi connectivity index (χ1v) is 8.41. The number of nitrogens with zero attached hydrogens (tertiary/aromatic N) is 1. The summed E-state index contributed by atoms with van der Waals surface area (Å²) < 4.78 is 52.1. The van der Waals surface area contributed by atoms with Crippen molar-refractivity contribution in [2.45, 2.75) is 19.8 Å². The summed E-state index contributed by atoms with van der Waals surface area (Å²) >= 11 is 0. The number of nitrogens with one attached hydrogen (secondary N) is 1. The van der Waals surface area contributed by atoms with Crippen LogP contribution in [0.2, 0.25) is 0 Å². The van der Waals surface area contributed by atoms with Gasteiger partial charge in [-0.05, 0) is 30.7 Å². The number of nitrogens with two attached hydrogens (primary N) is 1. The molecule has 0 atom stereocenters. The molecular weight excluding hydrogens is 502 g/mol. The molecule has 2 aromatic rings. The number of methoxy groups -OCH3 is 1. The molecule has 0 aliphatic carbocycles. The second-order valence-electron chi connectivity index (χ2n) is 5.82. The summed E-state index contributed by atoms with van der Waals surface area (Å²) in [5, 5.41) is 2.63. The predicted octanol–water partition coefficient (Wildman–Crippen LogP) is 4.46. The fraction of sp³-hybridized carbons (Fsp3) is 0.316. The average Bonchev–Trinajstić information content (AvgIpc) is 2.62. The Morgan fingerprint density at radius 2 is 1.83 bits per heavy atom. The van der Waals surface area contributed by atoms with E-state index in [1.165, 1.54) is 18.2 Å². The van der Waals surface area contributed by atoms with E-state index in [9.17, 15) is 13.2 Å². The standard InChI is InChI=1S/C19H22F3N3O3.HI/c1-13-7-8-14(17(11-13)27-10-9-26-2)12-24-18(23)25-15-5-3-4-6-16(15)28-19(20,21)22;/h3-8,11H,9-10,12H2,1-2H3,(H3,23,24,25);1H. The highest BCUT2D eigenvalue weighted by Crippen LogP contribution is 2.29. The molecule has 0 amide bonds. The molecular formula is C19H23F3IN3O3. The lowest BCUT2D eigenvalue weighted by molar-refractivity contribution is -0.274. The zero-order valence-corrected chi connectivity index (χ0v) is 18.3. The lowest BCUT2D eigenvalue weighted by Crippen LogP contribution is -2.24. The molecule has 0 saturated carbocycles. The first-order valence-electron chi connectivity index (χ1n) is 8.41. The SMILES string of the molecule is COCCOc1cc(C)ccc1CN=C(N)Nc1ccccc1OC(F)(F)F.I. The predicted molar refractivity (Wildman–Crippen MR) is 116 cm³/mol. The summed E-state index contributed by atoms with van der Waals surface area (Å²) in [7, 11) is 1.58. The Bertz CT molecular complexity index is 817. The number of guanidine groups is 1. The number of benzene rings is 2. The van der Waals surface area contributed by atoms with Crippen molar-refractivity contribution in [2.75, 3.05) is 25.6 Å². The van der Waals surface area contributed by atoms with Crippen LogP contribution in [-0.4, -0.2) is 32.6 Å². The van der Waals surface area contributed by atoms with Crippen LogP contribution in [0.5, 0.6) is 11.5 Å². The molecule has 0 saturated heterocycles. The lowest BCUT2D eigenvalue weighted by atomic mass is 10.1. The van der Waals surface area contributed by atoms with Gasteiger partial charge in [-0.25, -0.2) is 4.99 Å². The molecule has 0 spiro atoms. The van der Waals surface area contributed by atoms with Crippen molar-refractivity contribution in [1.29, 1.82) is 0 Å². The van der Waals surface area contributed by atoms with E-state index < -0.39 is 12.1 Å². The maximum absolute atomic E-state index is 12.5. The van der Waals surface area contributed by atoms with Crippen LogP contribution in [-0.2, 0) is 11.3 Å². The second kappa shape index (κ2) is 11.7. The highest BCUT2D eigenvalue weighted by atomic mass is 127. The van der Waals surface area contributed by atoms with Crippen molar-refractivity contribution in [3.8, 4) is 11.5 Å². The Hall–Kier alpha value is -2.21. The number of halogens is 4. The molecule has 6 nitrogen and oxygen atoms in total. The van der Waals surface area contributed by atoms with Gasteiger partial charge in [0.25, 0.3) is 0 Å². The lowest BCUT2D eigenvalue weighted by Gasteiger charge is -2.14. The normalized spacial score (nSPS) is 11.6. The third kappa shape index (κ3) is 8.77. The summed E-state index contributed by atoms with van der Waals surface area (Å²) in [6, 6.07) is 11.2. The van der Waals surface area contributed by atoms with Gasteiger partial charge in [-0.2, -0.15) is 0 Å². The molecule has 0 unspecified atom stereocenters. The molecule has 0 heterocycles. The Labute approximate surface area is 184 Å². The van der Waals surface area contributed by atoms with Crippen molar-refractivity contribution < 1.29 is 27.4 Å². The second-order valence-corrected chi connectivity index (χ2v) is 5.82. The van der Waals surface area contributed by atoms with Gasteiger partial charge in [0.15, 0.2) is 11.7 Å². The van der Waals surface area contributed by atoms with Gasteiger partial charge in [0.1, 0.15) is 12.4 Å². The van der Waals surface area contributed by atoms with Gasteiger partial charge in [0, 0.05) is 12.7 Å². The van der Waals surface area contributed by atoms with E-state index in [4.69, 9.17) is 15.2 Å². The molecule has 0 bridgehead atoms. The van der Waals surface area contributed by atoms with Gasteiger partial charge >= 0.3 is 6.36 Å². The van der Waals surface area contributed by atoms with Crippen LogP contribution in [0.15, 0.2) is 47.5 Å². The number of aryl methyl sites for hydroxylation is 1. The number of rotatable bonds is 8. The van der Waals surface area contributed by atoms with Crippen molar-refractivity contribution in [2.24, 2.45) is 10.7 Å². The first kappa shape index (κ1) is 24.8. The average molecular weight is 525 g/mol. The van der Waals surface area contributed by atoms with Crippen molar-refractivity contribution in [3.63, 3.8) is 0 Å². The minimum absolute atomic E-state index is 0.